The smallest absolute Gasteiger partial charge is 0.287 e. The van der Waals surface area contributed by atoms with Crippen LogP contribution in [-0.2, 0) is 5.75 Å². The Labute approximate surface area is 115 Å². The van der Waals surface area contributed by atoms with Gasteiger partial charge in [-0.3, -0.25) is 10.2 Å². The van der Waals surface area contributed by atoms with E-state index in [1.165, 1.54) is 16.0 Å². The molecule has 0 aliphatic rings. The van der Waals surface area contributed by atoms with Crippen molar-refractivity contribution in [2.75, 3.05) is 0 Å². The Hall–Kier alpha value is -1.79. The number of carbonyl (C=O) groups excluding carboxylic acids is 1. The van der Waals surface area contributed by atoms with E-state index in [0.717, 1.165) is 0 Å². The highest BCUT2D eigenvalue weighted by Crippen LogP contribution is 2.27. The number of benzene rings is 1. The van der Waals surface area contributed by atoms with Gasteiger partial charge in [-0.15, -0.1) is 11.8 Å². The molecule has 0 aliphatic carbocycles. The number of nitrogen functional groups attached to an aromatic ring is 1. The van der Waals surface area contributed by atoms with Gasteiger partial charge in [-0.25, -0.2) is 5.84 Å². The third-order valence-electron chi connectivity index (χ3n) is 2.64. The molecule has 0 bridgehead atoms. The molecule has 100 valence electrons. The summed E-state index contributed by atoms with van der Waals surface area (Å²) in [6.07, 6.45) is 0. The van der Waals surface area contributed by atoms with Crippen molar-refractivity contribution < 1.29 is 9.32 Å². The highest BCUT2D eigenvalue weighted by molar-refractivity contribution is 7.98. The second-order valence-electron chi connectivity index (χ2n) is 4.21. The van der Waals surface area contributed by atoms with Crippen molar-refractivity contribution in [3.63, 3.8) is 0 Å². The van der Waals surface area contributed by atoms with E-state index >= 15 is 0 Å². The molecule has 19 heavy (non-hydrogen) atoms. The SMILES string of the molecule is Cc1ccc(C)c(SCc2cc(C(=O)NN)no2)c1. The highest BCUT2D eigenvalue weighted by atomic mass is 32.2. The largest absolute Gasteiger partial charge is 0.360 e. The molecule has 0 saturated carbocycles. The molecule has 0 aliphatic heterocycles. The van der Waals surface area contributed by atoms with Crippen molar-refractivity contribution in [3.05, 3.63) is 46.8 Å². The normalized spacial score (nSPS) is 10.5. The van der Waals surface area contributed by atoms with E-state index in [0.29, 0.717) is 11.5 Å². The van der Waals surface area contributed by atoms with Gasteiger partial charge in [-0.2, -0.15) is 0 Å². The Balaban J connectivity index is 2.04. The predicted octanol–water partition coefficient (Wildman–Crippen LogP) is 2.19. The Bertz CT molecular complexity index is 595. The molecule has 0 unspecified atom stereocenters. The van der Waals surface area contributed by atoms with E-state index in [4.69, 9.17) is 10.4 Å². The number of nitrogens with zero attached hydrogens (tertiary/aromatic N) is 1. The number of amides is 1. The first kappa shape index (κ1) is 13.6. The predicted molar refractivity (Wildman–Crippen MR) is 73.6 cm³/mol. The van der Waals surface area contributed by atoms with Crippen LogP contribution in [-0.4, -0.2) is 11.1 Å². The summed E-state index contributed by atoms with van der Waals surface area (Å²) in [6.45, 7) is 4.12. The minimum Gasteiger partial charge on any atom is -0.360 e. The Morgan fingerprint density at radius 3 is 2.95 bits per heavy atom. The van der Waals surface area contributed by atoms with Crippen LogP contribution < -0.4 is 11.3 Å². The van der Waals surface area contributed by atoms with Crippen LogP contribution in [0.2, 0.25) is 0 Å². The summed E-state index contributed by atoms with van der Waals surface area (Å²) in [5.74, 6) is 5.84. The van der Waals surface area contributed by atoms with Crippen LogP contribution in [0.5, 0.6) is 0 Å². The number of hydrogen-bond donors (Lipinski definition) is 2. The lowest BCUT2D eigenvalue weighted by atomic mass is 10.2. The summed E-state index contributed by atoms with van der Waals surface area (Å²) in [4.78, 5) is 12.4. The van der Waals surface area contributed by atoms with Crippen LogP contribution in [0.1, 0.15) is 27.4 Å². The summed E-state index contributed by atoms with van der Waals surface area (Å²) < 4.78 is 5.09. The lowest BCUT2D eigenvalue weighted by Gasteiger charge is -2.04. The number of thioether (sulfide) groups is 1. The van der Waals surface area contributed by atoms with Gasteiger partial charge in [0.25, 0.3) is 5.91 Å². The molecular weight excluding hydrogens is 262 g/mol. The fraction of sp³-hybridized carbons (Fsp3) is 0.231. The zero-order valence-electron chi connectivity index (χ0n) is 10.8. The van der Waals surface area contributed by atoms with E-state index < -0.39 is 5.91 Å². The van der Waals surface area contributed by atoms with Gasteiger partial charge in [-0.1, -0.05) is 22.9 Å². The van der Waals surface area contributed by atoms with Crippen molar-refractivity contribution in [2.24, 2.45) is 5.84 Å². The fourth-order valence-corrected chi connectivity index (χ4v) is 2.57. The average molecular weight is 277 g/mol. The number of nitrogens with two attached hydrogens (primary N) is 1. The van der Waals surface area contributed by atoms with Crippen LogP contribution >= 0.6 is 11.8 Å². The zero-order chi connectivity index (χ0) is 13.8. The first-order valence-corrected chi connectivity index (χ1v) is 6.75. The van der Waals surface area contributed by atoms with E-state index in [1.807, 2.05) is 5.43 Å². The van der Waals surface area contributed by atoms with Gasteiger partial charge in [-0.05, 0) is 25.5 Å². The van der Waals surface area contributed by atoms with Crippen LogP contribution in [0.25, 0.3) is 0 Å². The second-order valence-corrected chi connectivity index (χ2v) is 5.23. The molecule has 6 heteroatoms. The maximum atomic E-state index is 11.2. The van der Waals surface area contributed by atoms with Crippen molar-refractivity contribution in [3.8, 4) is 0 Å². The summed E-state index contributed by atoms with van der Waals surface area (Å²) in [6, 6.07) is 7.90. The third kappa shape index (κ3) is 3.36. The van der Waals surface area contributed by atoms with Crippen LogP contribution in [0.4, 0.5) is 0 Å². The molecule has 2 aromatic rings. The van der Waals surface area contributed by atoms with Crippen molar-refractivity contribution in [2.45, 2.75) is 24.5 Å². The van der Waals surface area contributed by atoms with E-state index in [1.54, 1.807) is 17.8 Å². The highest BCUT2D eigenvalue weighted by Gasteiger charge is 2.11. The van der Waals surface area contributed by atoms with Crippen LogP contribution in [0.3, 0.4) is 0 Å². The summed E-state index contributed by atoms with van der Waals surface area (Å²) in [5, 5.41) is 3.66. The summed E-state index contributed by atoms with van der Waals surface area (Å²) in [7, 11) is 0. The number of aryl methyl sites for hydroxylation is 2. The van der Waals surface area contributed by atoms with Crippen LogP contribution in [0.15, 0.2) is 33.7 Å². The van der Waals surface area contributed by atoms with Crippen molar-refractivity contribution >= 4 is 17.7 Å². The maximum Gasteiger partial charge on any atom is 0.287 e. The number of aromatic nitrogens is 1. The minimum absolute atomic E-state index is 0.194. The quantitative estimate of drug-likeness (QED) is 0.387. The Morgan fingerprint density at radius 1 is 1.42 bits per heavy atom. The van der Waals surface area contributed by atoms with E-state index in [2.05, 4.69) is 37.2 Å². The van der Waals surface area contributed by atoms with E-state index in [9.17, 15) is 4.79 Å². The first-order valence-electron chi connectivity index (χ1n) is 5.76. The number of carbonyl (C=O) groups is 1. The Kier molecular flexibility index (Phi) is 4.24. The van der Waals surface area contributed by atoms with Gasteiger partial charge in [0, 0.05) is 11.0 Å². The van der Waals surface area contributed by atoms with Crippen molar-refractivity contribution in [1.82, 2.24) is 10.6 Å². The van der Waals surface area contributed by atoms with Crippen molar-refractivity contribution in [1.29, 1.82) is 0 Å². The van der Waals surface area contributed by atoms with Gasteiger partial charge in [0.1, 0.15) is 5.76 Å². The molecule has 1 aromatic heterocycles. The lowest BCUT2D eigenvalue weighted by molar-refractivity contribution is 0.0944. The summed E-state index contributed by atoms with van der Waals surface area (Å²) in [5.41, 5.74) is 4.64. The molecule has 3 N–H and O–H groups in total. The third-order valence-corrected chi connectivity index (χ3v) is 3.82. The lowest BCUT2D eigenvalue weighted by Crippen LogP contribution is -2.30. The molecule has 5 nitrogen and oxygen atoms in total. The molecule has 1 amide bonds. The number of rotatable bonds is 4. The topological polar surface area (TPSA) is 81.2 Å². The molecular formula is C13H15N3O2S. The molecule has 1 heterocycles. The molecule has 1 aromatic carbocycles. The molecule has 0 spiro atoms. The van der Waals surface area contributed by atoms with Gasteiger partial charge in [0.05, 0.1) is 5.75 Å². The standard InChI is InChI=1S/C13H15N3O2S/c1-8-3-4-9(2)12(5-8)19-7-10-6-11(16-18-10)13(17)15-14/h3-6H,7,14H2,1-2H3,(H,15,17). The number of hydrogen-bond acceptors (Lipinski definition) is 5. The maximum absolute atomic E-state index is 11.2. The second kappa shape index (κ2) is 5.90. The van der Waals surface area contributed by atoms with Gasteiger partial charge >= 0.3 is 0 Å². The van der Waals surface area contributed by atoms with Gasteiger partial charge < -0.3 is 4.52 Å². The average Bonchev–Trinajstić information content (AvgIpc) is 2.88. The number of nitrogens with one attached hydrogen (secondary N) is 1. The van der Waals surface area contributed by atoms with Gasteiger partial charge in [0.15, 0.2) is 5.69 Å². The summed E-state index contributed by atoms with van der Waals surface area (Å²) >= 11 is 1.65. The van der Waals surface area contributed by atoms with Crippen LogP contribution in [0, 0.1) is 13.8 Å². The van der Waals surface area contributed by atoms with E-state index in [-0.39, 0.29) is 5.69 Å². The Morgan fingerprint density at radius 2 is 2.21 bits per heavy atom. The molecule has 2 rings (SSSR count). The number of hydrazine groups is 1. The molecule has 0 radical (unpaired) electrons. The first-order chi connectivity index (χ1) is 9.10. The monoisotopic (exact) mass is 277 g/mol. The zero-order valence-corrected chi connectivity index (χ0v) is 11.6. The van der Waals surface area contributed by atoms with Gasteiger partial charge in [0.2, 0.25) is 0 Å². The molecule has 0 atom stereocenters. The minimum atomic E-state index is -0.452. The fourth-order valence-electron chi connectivity index (χ4n) is 1.57. The molecule has 0 fully saturated rings. The molecule has 0 saturated heterocycles.